The lowest BCUT2D eigenvalue weighted by atomic mass is 10.0. The van der Waals surface area contributed by atoms with E-state index < -0.39 is 0 Å². The van der Waals surface area contributed by atoms with Gasteiger partial charge in [-0.15, -0.1) is 11.8 Å². The molecular formula is C24H22FN5OS. The van der Waals surface area contributed by atoms with Crippen LogP contribution in [0.2, 0.25) is 0 Å². The Morgan fingerprint density at radius 3 is 2.53 bits per heavy atom. The molecule has 6 nitrogen and oxygen atoms in total. The van der Waals surface area contributed by atoms with E-state index in [1.807, 2.05) is 26.0 Å². The van der Waals surface area contributed by atoms with Crippen molar-refractivity contribution in [2.45, 2.75) is 30.0 Å². The monoisotopic (exact) mass is 447 g/mol. The van der Waals surface area contributed by atoms with Crippen molar-refractivity contribution in [2.24, 2.45) is 0 Å². The Balaban J connectivity index is 1.58. The van der Waals surface area contributed by atoms with Gasteiger partial charge in [0, 0.05) is 10.3 Å². The average molecular weight is 448 g/mol. The first kappa shape index (κ1) is 20.8. The number of aryl methyl sites for hydroxylation is 1. The summed E-state index contributed by atoms with van der Waals surface area (Å²) >= 11 is 1.76. The van der Waals surface area contributed by atoms with Crippen molar-refractivity contribution in [1.29, 1.82) is 0 Å². The molecule has 0 saturated carbocycles. The van der Waals surface area contributed by atoms with Crippen LogP contribution < -0.4 is 5.32 Å². The van der Waals surface area contributed by atoms with Gasteiger partial charge >= 0.3 is 0 Å². The lowest BCUT2D eigenvalue weighted by Crippen LogP contribution is -2.30. The normalized spacial score (nSPS) is 14.8. The van der Waals surface area contributed by atoms with E-state index in [1.165, 1.54) is 12.1 Å². The SMILES string of the molecule is Cc1ccc([C@@H](C)Nc2ncnc3c(SC4COC4)cc(-c4ccc(F)cc4)cc23)nn1. The van der Waals surface area contributed by atoms with Gasteiger partial charge in [-0.05, 0) is 61.4 Å². The molecular weight excluding hydrogens is 425 g/mol. The van der Waals surface area contributed by atoms with Gasteiger partial charge in [-0.25, -0.2) is 14.4 Å². The third-order valence-corrected chi connectivity index (χ3v) is 6.57. The van der Waals surface area contributed by atoms with Crippen LogP contribution >= 0.6 is 11.8 Å². The number of fused-ring (bicyclic) bond motifs is 1. The van der Waals surface area contributed by atoms with E-state index in [0.29, 0.717) is 5.25 Å². The van der Waals surface area contributed by atoms with Crippen molar-refractivity contribution in [2.75, 3.05) is 18.5 Å². The lowest BCUT2D eigenvalue weighted by molar-refractivity contribution is 0.0455. The smallest absolute Gasteiger partial charge is 0.137 e. The first-order chi connectivity index (χ1) is 15.6. The van der Waals surface area contributed by atoms with Gasteiger partial charge in [-0.1, -0.05) is 12.1 Å². The summed E-state index contributed by atoms with van der Waals surface area (Å²) in [4.78, 5) is 10.2. The van der Waals surface area contributed by atoms with E-state index in [9.17, 15) is 4.39 Å². The average Bonchev–Trinajstić information content (AvgIpc) is 2.77. The zero-order valence-corrected chi connectivity index (χ0v) is 18.6. The summed E-state index contributed by atoms with van der Waals surface area (Å²) in [6.45, 7) is 5.40. The molecule has 1 atom stereocenters. The largest absolute Gasteiger partial charge is 0.379 e. The molecule has 162 valence electrons. The Morgan fingerprint density at radius 1 is 1.03 bits per heavy atom. The number of nitrogens with one attached hydrogen (secondary N) is 1. The molecule has 2 aromatic carbocycles. The molecule has 0 spiro atoms. The highest BCUT2D eigenvalue weighted by molar-refractivity contribution is 8.00. The molecule has 1 fully saturated rings. The Hall–Kier alpha value is -3.10. The number of hydrogen-bond acceptors (Lipinski definition) is 7. The molecule has 1 N–H and O–H groups in total. The number of halogens is 1. The maximum atomic E-state index is 13.5. The highest BCUT2D eigenvalue weighted by Gasteiger charge is 2.22. The van der Waals surface area contributed by atoms with Crippen molar-refractivity contribution in [3.8, 4) is 11.1 Å². The van der Waals surface area contributed by atoms with Gasteiger partial charge in [-0.3, -0.25) is 0 Å². The van der Waals surface area contributed by atoms with Crippen LogP contribution in [0.3, 0.4) is 0 Å². The van der Waals surface area contributed by atoms with E-state index in [4.69, 9.17) is 4.74 Å². The first-order valence-electron chi connectivity index (χ1n) is 10.4. The van der Waals surface area contributed by atoms with E-state index >= 15 is 0 Å². The van der Waals surface area contributed by atoms with E-state index in [2.05, 4.69) is 37.6 Å². The molecule has 1 saturated heterocycles. The van der Waals surface area contributed by atoms with Crippen LogP contribution in [0.15, 0.2) is 59.8 Å². The summed E-state index contributed by atoms with van der Waals surface area (Å²) in [5, 5.41) is 13.2. The minimum absolute atomic E-state index is 0.0909. The zero-order chi connectivity index (χ0) is 22.1. The minimum Gasteiger partial charge on any atom is -0.379 e. The fraction of sp³-hybridized carbons (Fsp3) is 0.250. The quantitative estimate of drug-likeness (QED) is 0.436. The third kappa shape index (κ3) is 4.28. The number of nitrogens with zero attached hydrogens (tertiary/aromatic N) is 4. The number of aromatic nitrogens is 4. The molecule has 0 radical (unpaired) electrons. The number of anilines is 1. The highest BCUT2D eigenvalue weighted by Crippen LogP contribution is 2.38. The van der Waals surface area contributed by atoms with Crippen LogP contribution in [0, 0.1) is 12.7 Å². The van der Waals surface area contributed by atoms with Gasteiger partial charge in [0.2, 0.25) is 0 Å². The molecule has 3 heterocycles. The number of hydrogen-bond donors (Lipinski definition) is 1. The Kier molecular flexibility index (Phi) is 5.71. The standard InChI is InChI=1S/C24H22FN5OS/c1-14-3-8-21(30-29-14)15(2)28-24-20-9-17(16-4-6-18(25)7-5-16)10-22(23(20)26-13-27-24)32-19-11-31-12-19/h3-10,13,15,19H,11-12H2,1-2H3,(H,26,27,28)/t15-/m1/s1. The van der Waals surface area contributed by atoms with Crippen LogP contribution in [0.5, 0.6) is 0 Å². The molecule has 2 aromatic heterocycles. The van der Waals surface area contributed by atoms with Gasteiger partial charge in [0.25, 0.3) is 0 Å². The molecule has 32 heavy (non-hydrogen) atoms. The van der Waals surface area contributed by atoms with Crippen LogP contribution in [0.4, 0.5) is 10.2 Å². The maximum absolute atomic E-state index is 13.5. The van der Waals surface area contributed by atoms with Crippen LogP contribution in [-0.4, -0.2) is 38.6 Å². The van der Waals surface area contributed by atoms with Gasteiger partial charge < -0.3 is 10.1 Å². The van der Waals surface area contributed by atoms with Crippen molar-refractivity contribution >= 4 is 28.5 Å². The van der Waals surface area contributed by atoms with Gasteiger partial charge in [0.1, 0.15) is 18.0 Å². The molecule has 1 aliphatic rings. The van der Waals surface area contributed by atoms with Gasteiger partial charge in [0.15, 0.2) is 0 Å². The van der Waals surface area contributed by atoms with Crippen LogP contribution in [0.1, 0.15) is 24.4 Å². The molecule has 4 aromatic rings. The predicted octanol–water partition coefficient (Wildman–Crippen LogP) is 5.20. The molecule has 0 bridgehead atoms. The second-order valence-corrected chi connectivity index (χ2v) is 9.18. The number of thioether (sulfide) groups is 1. The summed E-state index contributed by atoms with van der Waals surface area (Å²) in [5.41, 5.74) is 4.51. The lowest BCUT2D eigenvalue weighted by Gasteiger charge is -2.26. The van der Waals surface area contributed by atoms with E-state index in [1.54, 1.807) is 30.2 Å². The van der Waals surface area contributed by atoms with Crippen LogP contribution in [0.25, 0.3) is 22.0 Å². The summed E-state index contributed by atoms with van der Waals surface area (Å²) in [6, 6.07) is 14.5. The van der Waals surface area contributed by atoms with Gasteiger partial charge in [0.05, 0.1) is 41.4 Å². The maximum Gasteiger partial charge on any atom is 0.137 e. The second-order valence-electron chi connectivity index (χ2n) is 7.84. The first-order valence-corrected chi connectivity index (χ1v) is 11.3. The Morgan fingerprint density at radius 2 is 1.84 bits per heavy atom. The van der Waals surface area contributed by atoms with Crippen LogP contribution in [-0.2, 0) is 4.74 Å². The number of benzene rings is 2. The molecule has 1 aliphatic heterocycles. The molecule has 5 rings (SSSR count). The minimum atomic E-state index is -0.255. The van der Waals surface area contributed by atoms with Crippen molar-refractivity contribution < 1.29 is 9.13 Å². The number of ether oxygens (including phenoxy) is 1. The van der Waals surface area contributed by atoms with Crippen molar-refractivity contribution in [1.82, 2.24) is 20.2 Å². The fourth-order valence-corrected chi connectivity index (χ4v) is 4.69. The Labute approximate surface area is 189 Å². The number of rotatable bonds is 6. The fourth-order valence-electron chi connectivity index (χ4n) is 3.53. The molecule has 0 amide bonds. The van der Waals surface area contributed by atoms with Crippen molar-refractivity contribution in [3.63, 3.8) is 0 Å². The summed E-state index contributed by atoms with van der Waals surface area (Å²) < 4.78 is 18.9. The Bertz CT molecular complexity index is 1250. The van der Waals surface area contributed by atoms with E-state index in [-0.39, 0.29) is 11.9 Å². The third-order valence-electron chi connectivity index (χ3n) is 5.40. The predicted molar refractivity (Wildman–Crippen MR) is 124 cm³/mol. The highest BCUT2D eigenvalue weighted by atomic mass is 32.2. The van der Waals surface area contributed by atoms with Gasteiger partial charge in [-0.2, -0.15) is 10.2 Å². The molecule has 0 unspecified atom stereocenters. The topological polar surface area (TPSA) is 72.8 Å². The molecule has 8 heteroatoms. The van der Waals surface area contributed by atoms with E-state index in [0.717, 1.165) is 57.3 Å². The summed E-state index contributed by atoms with van der Waals surface area (Å²) in [7, 11) is 0. The second kappa shape index (κ2) is 8.80. The summed E-state index contributed by atoms with van der Waals surface area (Å²) in [5.74, 6) is 0.468. The van der Waals surface area contributed by atoms with Crippen molar-refractivity contribution in [3.05, 3.63) is 72.1 Å². The molecule has 0 aliphatic carbocycles. The summed E-state index contributed by atoms with van der Waals surface area (Å²) in [6.07, 6.45) is 1.58. The zero-order valence-electron chi connectivity index (χ0n) is 17.7.